The SMILES string of the molecule is CC(C)(NC(=O)c1ccc2c(C3CCCCC3)c3n(c2c1)CCOc1ccccc1-3)C(=O)Cc1ccc(C(=O)O)cc1. The molecule has 7 heteroatoms. The first kappa shape index (κ1) is 27.8. The number of fused-ring (bicyclic) bond motifs is 5. The van der Waals surface area contributed by atoms with Gasteiger partial charge in [0.2, 0.25) is 0 Å². The van der Waals surface area contributed by atoms with Gasteiger partial charge in [-0.1, -0.05) is 49.6 Å². The zero-order valence-electron chi connectivity index (χ0n) is 24.1. The Hall–Kier alpha value is -4.39. The van der Waals surface area contributed by atoms with E-state index < -0.39 is 11.5 Å². The highest BCUT2D eigenvalue weighted by atomic mass is 16.5. The molecule has 1 saturated carbocycles. The summed E-state index contributed by atoms with van der Waals surface area (Å²) < 4.78 is 8.47. The number of rotatable bonds is 7. The fraction of sp³-hybridized carbons (Fsp3) is 0.343. The van der Waals surface area contributed by atoms with Crippen LogP contribution in [0.1, 0.15) is 83.7 Å². The number of carboxylic acid groups (broad SMARTS) is 1. The van der Waals surface area contributed by atoms with Gasteiger partial charge in [-0.05, 0) is 80.1 Å². The number of carbonyl (C=O) groups is 3. The lowest BCUT2D eigenvalue weighted by Gasteiger charge is -2.25. The van der Waals surface area contributed by atoms with Crippen LogP contribution in [0.25, 0.3) is 22.2 Å². The lowest BCUT2D eigenvalue weighted by molar-refractivity contribution is -0.123. The van der Waals surface area contributed by atoms with Crippen molar-refractivity contribution < 1.29 is 24.2 Å². The fourth-order valence-electron chi connectivity index (χ4n) is 6.48. The predicted molar refractivity (Wildman–Crippen MR) is 162 cm³/mol. The third-order valence-electron chi connectivity index (χ3n) is 8.78. The molecule has 0 saturated heterocycles. The second-order valence-electron chi connectivity index (χ2n) is 12.0. The molecule has 216 valence electrons. The standard InChI is InChI=1S/C35H36N2O5/c1-35(2,30(38)20-22-12-14-24(15-13-22)34(40)41)36-33(39)25-16-17-26-28(21-25)37-18-19-42-29-11-7-6-10-27(29)32(37)31(26)23-8-4-3-5-9-23/h6-7,10-17,21,23H,3-5,8-9,18-20H2,1-2H3,(H,36,39)(H,40,41). The number of carbonyl (C=O) groups excluding carboxylic acids is 2. The minimum absolute atomic E-state index is 0.0859. The van der Waals surface area contributed by atoms with Crippen molar-refractivity contribution in [1.29, 1.82) is 0 Å². The Morgan fingerprint density at radius 2 is 1.67 bits per heavy atom. The molecular weight excluding hydrogens is 528 g/mol. The molecule has 1 aliphatic heterocycles. The number of carboxylic acids is 1. The van der Waals surface area contributed by atoms with Crippen LogP contribution in [-0.2, 0) is 17.8 Å². The molecule has 0 radical (unpaired) electrons. The predicted octanol–water partition coefficient (Wildman–Crippen LogP) is 6.77. The molecular formula is C35H36N2O5. The highest BCUT2D eigenvalue weighted by Crippen LogP contribution is 2.47. The molecule has 2 aliphatic rings. The van der Waals surface area contributed by atoms with Gasteiger partial charge in [0.1, 0.15) is 12.4 Å². The van der Waals surface area contributed by atoms with Crippen LogP contribution < -0.4 is 10.1 Å². The number of ketones is 1. The molecule has 7 nitrogen and oxygen atoms in total. The lowest BCUT2D eigenvalue weighted by atomic mass is 9.81. The summed E-state index contributed by atoms with van der Waals surface area (Å²) in [7, 11) is 0. The van der Waals surface area contributed by atoms with E-state index in [1.54, 1.807) is 26.0 Å². The Morgan fingerprint density at radius 3 is 2.40 bits per heavy atom. The van der Waals surface area contributed by atoms with E-state index in [0.29, 0.717) is 30.2 Å². The molecule has 0 spiro atoms. The van der Waals surface area contributed by atoms with E-state index in [0.717, 1.165) is 29.7 Å². The number of aromatic carboxylic acids is 1. The van der Waals surface area contributed by atoms with E-state index in [1.165, 1.54) is 48.0 Å². The molecule has 3 aromatic carbocycles. The third kappa shape index (κ3) is 5.20. The summed E-state index contributed by atoms with van der Waals surface area (Å²) in [5.74, 6) is -0.127. The molecule has 1 amide bonds. The number of nitrogens with one attached hydrogen (secondary N) is 1. The Bertz CT molecular complexity index is 1680. The van der Waals surface area contributed by atoms with Crippen LogP contribution in [0, 0.1) is 0 Å². The molecule has 2 N–H and O–H groups in total. The highest BCUT2D eigenvalue weighted by molar-refractivity contribution is 6.03. The van der Waals surface area contributed by atoms with Gasteiger partial charge in [-0.25, -0.2) is 4.79 Å². The van der Waals surface area contributed by atoms with E-state index in [1.807, 2.05) is 24.3 Å². The quantitative estimate of drug-likeness (QED) is 0.258. The molecule has 2 heterocycles. The van der Waals surface area contributed by atoms with E-state index >= 15 is 0 Å². The number of hydrogen-bond donors (Lipinski definition) is 2. The van der Waals surface area contributed by atoms with Crippen LogP contribution >= 0.6 is 0 Å². The molecule has 0 bridgehead atoms. The third-order valence-corrected chi connectivity index (χ3v) is 8.78. The Labute approximate surface area is 245 Å². The molecule has 1 aromatic heterocycles. The maximum absolute atomic E-state index is 13.6. The monoisotopic (exact) mass is 564 g/mol. The van der Waals surface area contributed by atoms with Crippen molar-refractivity contribution in [1.82, 2.24) is 9.88 Å². The normalized spacial score (nSPS) is 15.3. The van der Waals surface area contributed by atoms with Gasteiger partial charge >= 0.3 is 5.97 Å². The number of aromatic nitrogens is 1. The number of hydrogen-bond acceptors (Lipinski definition) is 4. The minimum atomic E-state index is -1.12. The zero-order valence-corrected chi connectivity index (χ0v) is 24.1. The molecule has 1 aliphatic carbocycles. The smallest absolute Gasteiger partial charge is 0.335 e. The molecule has 42 heavy (non-hydrogen) atoms. The van der Waals surface area contributed by atoms with Crippen molar-refractivity contribution in [3.8, 4) is 17.0 Å². The zero-order chi connectivity index (χ0) is 29.4. The second-order valence-corrected chi connectivity index (χ2v) is 12.0. The van der Waals surface area contributed by atoms with Crippen LogP contribution in [0.2, 0.25) is 0 Å². The van der Waals surface area contributed by atoms with Gasteiger partial charge in [0, 0.05) is 28.5 Å². The maximum atomic E-state index is 13.6. The van der Waals surface area contributed by atoms with Gasteiger partial charge in [-0.15, -0.1) is 0 Å². The summed E-state index contributed by atoms with van der Waals surface area (Å²) >= 11 is 0. The van der Waals surface area contributed by atoms with Crippen LogP contribution in [-0.4, -0.2) is 39.5 Å². The average Bonchev–Trinajstić information content (AvgIpc) is 3.18. The van der Waals surface area contributed by atoms with E-state index in [9.17, 15) is 14.4 Å². The van der Waals surface area contributed by atoms with Crippen molar-refractivity contribution in [2.24, 2.45) is 0 Å². The summed E-state index contributed by atoms with van der Waals surface area (Å²) in [6.07, 6.45) is 6.13. The van der Waals surface area contributed by atoms with Crippen LogP contribution in [0.4, 0.5) is 0 Å². The van der Waals surface area contributed by atoms with E-state index in [4.69, 9.17) is 9.84 Å². The van der Waals surface area contributed by atoms with Crippen LogP contribution in [0.5, 0.6) is 5.75 Å². The van der Waals surface area contributed by atoms with E-state index in [-0.39, 0.29) is 23.7 Å². The summed E-state index contributed by atoms with van der Waals surface area (Å²) in [6, 6.07) is 20.4. The summed E-state index contributed by atoms with van der Waals surface area (Å²) in [4.78, 5) is 37.9. The number of benzene rings is 3. The second kappa shape index (κ2) is 11.1. The lowest BCUT2D eigenvalue weighted by Crippen LogP contribution is -2.50. The van der Waals surface area contributed by atoms with Gasteiger partial charge < -0.3 is 19.7 Å². The summed E-state index contributed by atoms with van der Waals surface area (Å²) in [6.45, 7) is 4.64. The molecule has 0 atom stereocenters. The van der Waals surface area contributed by atoms with Crippen LogP contribution in [0.15, 0.2) is 66.7 Å². The number of ether oxygens (including phenoxy) is 1. The fourth-order valence-corrected chi connectivity index (χ4v) is 6.48. The van der Waals surface area contributed by atoms with Crippen molar-refractivity contribution >= 4 is 28.6 Å². The number of amides is 1. The number of Topliss-reactive ketones (excluding diaryl/α,β-unsaturated/α-hetero) is 1. The Morgan fingerprint density at radius 1 is 0.952 bits per heavy atom. The molecule has 0 unspecified atom stereocenters. The molecule has 4 aromatic rings. The van der Waals surface area contributed by atoms with Crippen molar-refractivity contribution in [3.63, 3.8) is 0 Å². The van der Waals surface area contributed by atoms with Gasteiger partial charge in [0.15, 0.2) is 5.78 Å². The summed E-state index contributed by atoms with van der Waals surface area (Å²) in [5, 5.41) is 13.3. The maximum Gasteiger partial charge on any atom is 0.335 e. The molecule has 6 rings (SSSR count). The van der Waals surface area contributed by atoms with Crippen LogP contribution in [0.3, 0.4) is 0 Å². The first-order valence-electron chi connectivity index (χ1n) is 14.8. The van der Waals surface area contributed by atoms with Gasteiger partial charge in [-0.3, -0.25) is 9.59 Å². The van der Waals surface area contributed by atoms with Gasteiger partial charge in [0.25, 0.3) is 5.91 Å². The average molecular weight is 565 g/mol. The number of para-hydroxylation sites is 1. The Kier molecular flexibility index (Phi) is 7.35. The summed E-state index contributed by atoms with van der Waals surface area (Å²) in [5.41, 5.74) is 4.92. The molecule has 1 fully saturated rings. The van der Waals surface area contributed by atoms with E-state index in [2.05, 4.69) is 28.1 Å². The van der Waals surface area contributed by atoms with Crippen molar-refractivity contribution in [3.05, 3.63) is 89.0 Å². The Balaban J connectivity index is 1.32. The topological polar surface area (TPSA) is 97.6 Å². The number of nitrogens with zero attached hydrogens (tertiary/aromatic N) is 1. The highest BCUT2D eigenvalue weighted by Gasteiger charge is 2.32. The largest absolute Gasteiger partial charge is 0.491 e. The van der Waals surface area contributed by atoms with Gasteiger partial charge in [0.05, 0.1) is 23.3 Å². The minimum Gasteiger partial charge on any atom is -0.491 e. The van der Waals surface area contributed by atoms with Gasteiger partial charge in [-0.2, -0.15) is 0 Å². The first-order valence-corrected chi connectivity index (χ1v) is 14.8. The van der Waals surface area contributed by atoms with Crippen molar-refractivity contribution in [2.45, 2.75) is 70.4 Å². The van der Waals surface area contributed by atoms with Crippen molar-refractivity contribution in [2.75, 3.05) is 6.61 Å². The first-order chi connectivity index (χ1) is 20.2.